The van der Waals surface area contributed by atoms with Crippen molar-refractivity contribution in [3.05, 3.63) is 28.5 Å². The molecule has 0 aliphatic carbocycles. The van der Waals surface area contributed by atoms with E-state index in [1.165, 1.54) is 0 Å². The molecule has 0 aromatic carbocycles. The fourth-order valence-electron chi connectivity index (χ4n) is 0.563. The molecule has 0 aliphatic rings. The highest BCUT2D eigenvalue weighted by Crippen LogP contribution is 2.07. The van der Waals surface area contributed by atoms with Crippen LogP contribution >= 0.6 is 15.9 Å². The van der Waals surface area contributed by atoms with Gasteiger partial charge in [-0.05, 0) is 12.1 Å². The topological polar surface area (TPSA) is 64.5 Å². The van der Waals surface area contributed by atoms with Crippen molar-refractivity contribution in [1.29, 1.82) is 0 Å². The molecule has 1 heterocycles. The number of pyridine rings is 1. The average Bonchev–Trinajstić information content (AvgIpc) is 1.88. The van der Waals surface area contributed by atoms with Crippen molar-refractivity contribution in [3.8, 4) is 0 Å². The van der Waals surface area contributed by atoms with E-state index in [-0.39, 0.29) is 5.84 Å². The fraction of sp³-hybridized carbons (Fsp3) is 0. The fourth-order valence-corrected chi connectivity index (χ4v) is 0.898. The quantitative estimate of drug-likeness (QED) is 0.466. The van der Waals surface area contributed by atoms with E-state index in [1.807, 2.05) is 6.07 Å². The SMILES string of the molecule is NC(=[NH2+])c1cc(Br)ccn1. The highest BCUT2D eigenvalue weighted by Gasteiger charge is 2.01. The lowest BCUT2D eigenvalue weighted by molar-refractivity contribution is -0.114. The molecule has 4 N–H and O–H groups in total. The zero-order valence-corrected chi connectivity index (χ0v) is 6.80. The summed E-state index contributed by atoms with van der Waals surface area (Å²) in [5.74, 6) is 0.237. The van der Waals surface area contributed by atoms with Gasteiger partial charge in [-0.25, -0.2) is 4.98 Å². The van der Waals surface area contributed by atoms with E-state index >= 15 is 0 Å². The molecule has 10 heavy (non-hydrogen) atoms. The van der Waals surface area contributed by atoms with E-state index in [1.54, 1.807) is 12.3 Å². The molecule has 0 unspecified atom stereocenters. The molecule has 3 nitrogen and oxygen atoms in total. The van der Waals surface area contributed by atoms with Crippen LogP contribution in [0.25, 0.3) is 0 Å². The van der Waals surface area contributed by atoms with Crippen molar-refractivity contribution in [2.75, 3.05) is 0 Å². The molecule has 0 spiro atoms. The minimum Gasteiger partial charge on any atom is -0.286 e. The molecule has 0 atom stereocenters. The molecule has 4 heteroatoms. The second-order valence-electron chi connectivity index (χ2n) is 1.81. The summed E-state index contributed by atoms with van der Waals surface area (Å²) >= 11 is 3.27. The first-order valence-electron chi connectivity index (χ1n) is 2.70. The van der Waals surface area contributed by atoms with Gasteiger partial charge in [0.2, 0.25) is 0 Å². The molecular weight excluding hydrogens is 194 g/mol. The molecule has 0 saturated carbocycles. The van der Waals surface area contributed by atoms with Gasteiger partial charge in [0, 0.05) is 10.7 Å². The van der Waals surface area contributed by atoms with E-state index < -0.39 is 0 Å². The van der Waals surface area contributed by atoms with Crippen LogP contribution in [-0.2, 0) is 0 Å². The zero-order valence-electron chi connectivity index (χ0n) is 5.21. The molecule has 0 aliphatic heterocycles. The Hall–Kier alpha value is -0.900. The summed E-state index contributed by atoms with van der Waals surface area (Å²) in [6.45, 7) is 0. The van der Waals surface area contributed by atoms with Crippen LogP contribution in [0.3, 0.4) is 0 Å². The van der Waals surface area contributed by atoms with Crippen molar-refractivity contribution in [3.63, 3.8) is 0 Å². The lowest BCUT2D eigenvalue weighted by Gasteiger charge is -1.91. The molecule has 1 aromatic rings. The number of rotatable bonds is 1. The summed E-state index contributed by atoms with van der Waals surface area (Å²) in [7, 11) is 0. The summed E-state index contributed by atoms with van der Waals surface area (Å²) in [5.41, 5.74) is 5.90. The Kier molecular flexibility index (Phi) is 2.01. The zero-order chi connectivity index (χ0) is 7.56. The Morgan fingerprint density at radius 1 is 1.70 bits per heavy atom. The summed E-state index contributed by atoms with van der Waals surface area (Å²) in [6, 6.07) is 3.57. The molecule has 0 amide bonds. The van der Waals surface area contributed by atoms with Crippen molar-refractivity contribution in [2.24, 2.45) is 5.73 Å². The van der Waals surface area contributed by atoms with Crippen LogP contribution < -0.4 is 11.1 Å². The predicted octanol–water partition coefficient (Wildman–Crippen LogP) is -0.692. The van der Waals surface area contributed by atoms with Gasteiger partial charge in [-0.1, -0.05) is 15.9 Å². The number of nitrogens with two attached hydrogens (primary N) is 2. The minimum absolute atomic E-state index is 0.237. The van der Waals surface area contributed by atoms with E-state index in [9.17, 15) is 0 Å². The maximum absolute atomic E-state index is 5.29. The molecular formula is C6H7BrN3+. The van der Waals surface area contributed by atoms with Gasteiger partial charge in [-0.3, -0.25) is 11.1 Å². The van der Waals surface area contributed by atoms with Crippen LogP contribution in [0, 0.1) is 0 Å². The van der Waals surface area contributed by atoms with Crippen LogP contribution in [0.4, 0.5) is 0 Å². The van der Waals surface area contributed by atoms with Crippen LogP contribution in [0.1, 0.15) is 5.69 Å². The Balaban J connectivity index is 3.07. The summed E-state index contributed by atoms with van der Waals surface area (Å²) in [6.07, 6.45) is 1.64. The van der Waals surface area contributed by atoms with E-state index in [0.717, 1.165) is 4.47 Å². The smallest absolute Gasteiger partial charge is 0.286 e. The lowest BCUT2D eigenvalue weighted by Crippen LogP contribution is -2.46. The largest absolute Gasteiger partial charge is 0.289 e. The summed E-state index contributed by atoms with van der Waals surface area (Å²) in [5, 5.41) is 5.29. The molecule has 52 valence electrons. The summed E-state index contributed by atoms with van der Waals surface area (Å²) in [4.78, 5) is 3.92. The number of aromatic nitrogens is 1. The van der Waals surface area contributed by atoms with Crippen molar-refractivity contribution >= 4 is 21.8 Å². The van der Waals surface area contributed by atoms with Gasteiger partial charge in [0.05, 0.1) is 0 Å². The average molecular weight is 201 g/mol. The van der Waals surface area contributed by atoms with E-state index in [2.05, 4.69) is 20.9 Å². The highest BCUT2D eigenvalue weighted by molar-refractivity contribution is 9.10. The van der Waals surface area contributed by atoms with Crippen molar-refractivity contribution < 1.29 is 5.41 Å². The van der Waals surface area contributed by atoms with Crippen LogP contribution in [0.5, 0.6) is 0 Å². The Bertz CT molecular complexity index is 259. The third-order valence-electron chi connectivity index (χ3n) is 1.02. The Morgan fingerprint density at radius 3 is 2.80 bits per heavy atom. The van der Waals surface area contributed by atoms with Gasteiger partial charge >= 0.3 is 0 Å². The third kappa shape index (κ3) is 1.54. The number of amidine groups is 1. The lowest BCUT2D eigenvalue weighted by atomic mass is 10.3. The van der Waals surface area contributed by atoms with E-state index in [4.69, 9.17) is 11.1 Å². The van der Waals surface area contributed by atoms with Gasteiger partial charge in [0.15, 0.2) is 5.69 Å². The van der Waals surface area contributed by atoms with Gasteiger partial charge < -0.3 is 0 Å². The van der Waals surface area contributed by atoms with Crippen LogP contribution in [-0.4, -0.2) is 10.8 Å². The van der Waals surface area contributed by atoms with Crippen molar-refractivity contribution in [2.45, 2.75) is 0 Å². The van der Waals surface area contributed by atoms with Gasteiger partial charge in [0.1, 0.15) is 0 Å². The van der Waals surface area contributed by atoms with Crippen molar-refractivity contribution in [1.82, 2.24) is 4.98 Å². The normalized spacial score (nSPS) is 9.30. The van der Waals surface area contributed by atoms with Crippen LogP contribution in [0.15, 0.2) is 22.8 Å². The van der Waals surface area contributed by atoms with Gasteiger partial charge in [-0.15, -0.1) is 0 Å². The second kappa shape index (κ2) is 2.79. The van der Waals surface area contributed by atoms with Gasteiger partial charge in [0.25, 0.3) is 5.84 Å². The summed E-state index contributed by atoms with van der Waals surface area (Å²) < 4.78 is 0.922. The molecule has 1 aromatic heterocycles. The first-order valence-corrected chi connectivity index (χ1v) is 3.49. The van der Waals surface area contributed by atoms with E-state index in [0.29, 0.717) is 5.69 Å². The number of hydrogen-bond acceptors (Lipinski definition) is 1. The molecule has 0 bridgehead atoms. The standard InChI is InChI=1S/C6H6BrN3/c7-4-1-2-10-5(3-4)6(8)9/h1-3H,(H3,8,9)/p+1. The molecule has 1 rings (SSSR count). The number of nitrogens with zero attached hydrogens (tertiary/aromatic N) is 1. The first-order chi connectivity index (χ1) is 4.70. The monoisotopic (exact) mass is 200 g/mol. The predicted molar refractivity (Wildman–Crippen MR) is 42.2 cm³/mol. The van der Waals surface area contributed by atoms with Crippen LogP contribution in [0.2, 0.25) is 0 Å². The number of hydrogen-bond donors (Lipinski definition) is 2. The minimum atomic E-state index is 0.237. The first kappa shape index (κ1) is 7.21. The highest BCUT2D eigenvalue weighted by atomic mass is 79.9. The molecule has 0 saturated heterocycles. The molecule has 0 fully saturated rings. The Labute approximate surface area is 66.9 Å². The maximum Gasteiger partial charge on any atom is 0.289 e. The third-order valence-corrected chi connectivity index (χ3v) is 1.51. The Morgan fingerprint density at radius 2 is 2.40 bits per heavy atom. The van der Waals surface area contributed by atoms with Gasteiger partial charge in [-0.2, -0.15) is 0 Å². The second-order valence-corrected chi connectivity index (χ2v) is 2.73. The maximum atomic E-state index is 5.29. The molecule has 0 radical (unpaired) electrons. The number of halogens is 1.